The van der Waals surface area contributed by atoms with Crippen LogP contribution in [0.2, 0.25) is 0 Å². The lowest BCUT2D eigenvalue weighted by molar-refractivity contribution is -0.384. The first-order valence-electron chi connectivity index (χ1n) is 5.98. The third kappa shape index (κ3) is 2.96. The third-order valence-corrected chi connectivity index (χ3v) is 2.89. The van der Waals surface area contributed by atoms with Crippen molar-refractivity contribution in [1.82, 2.24) is 14.8 Å². The zero-order valence-electron chi connectivity index (χ0n) is 11.3. The molecule has 0 fully saturated rings. The lowest BCUT2D eigenvalue weighted by Gasteiger charge is -2.14. The molecule has 0 bridgehead atoms. The van der Waals surface area contributed by atoms with Gasteiger partial charge in [0.25, 0.3) is 0 Å². The fourth-order valence-electron chi connectivity index (χ4n) is 1.90. The summed E-state index contributed by atoms with van der Waals surface area (Å²) < 4.78 is 1.45. The Kier molecular flexibility index (Phi) is 3.83. The molecular weight excluding hydrogens is 278 g/mol. The summed E-state index contributed by atoms with van der Waals surface area (Å²) in [6, 6.07) is 0.315. The van der Waals surface area contributed by atoms with Crippen LogP contribution >= 0.6 is 0 Å². The standard InChI is InChI=1S/C12H13N5O4/c1-7-3-4-13-11(10(7)17(20)21)15-9(12(18)19)8-5-14-16(2)6-8/h3-6,9H,1-2H3,(H,13,15)(H,18,19). The summed E-state index contributed by atoms with van der Waals surface area (Å²) in [5.74, 6) is -1.27. The SMILES string of the molecule is Cc1ccnc(NC(C(=O)O)c2cnn(C)c2)c1[N+](=O)[O-]. The summed E-state index contributed by atoms with van der Waals surface area (Å²) in [6.07, 6.45) is 4.29. The quantitative estimate of drug-likeness (QED) is 0.628. The van der Waals surface area contributed by atoms with Crippen LogP contribution in [0.25, 0.3) is 0 Å². The summed E-state index contributed by atoms with van der Waals surface area (Å²) >= 11 is 0. The number of carbonyl (C=O) groups is 1. The predicted molar refractivity (Wildman–Crippen MR) is 72.8 cm³/mol. The fourth-order valence-corrected chi connectivity index (χ4v) is 1.90. The monoisotopic (exact) mass is 291 g/mol. The number of aromatic nitrogens is 3. The Morgan fingerprint density at radius 3 is 2.81 bits per heavy atom. The number of nitrogens with one attached hydrogen (secondary N) is 1. The molecule has 0 radical (unpaired) electrons. The fraction of sp³-hybridized carbons (Fsp3) is 0.250. The van der Waals surface area contributed by atoms with E-state index in [1.807, 2.05) is 0 Å². The van der Waals surface area contributed by atoms with Gasteiger partial charge in [0.2, 0.25) is 5.82 Å². The molecule has 2 N–H and O–H groups in total. The highest BCUT2D eigenvalue weighted by Crippen LogP contribution is 2.29. The van der Waals surface area contributed by atoms with E-state index in [-0.39, 0.29) is 11.5 Å². The lowest BCUT2D eigenvalue weighted by Crippen LogP contribution is -2.21. The van der Waals surface area contributed by atoms with E-state index in [0.29, 0.717) is 11.1 Å². The van der Waals surface area contributed by atoms with E-state index in [9.17, 15) is 20.0 Å². The van der Waals surface area contributed by atoms with Crippen LogP contribution in [-0.2, 0) is 11.8 Å². The average Bonchev–Trinajstić information content (AvgIpc) is 2.81. The van der Waals surface area contributed by atoms with Crippen molar-refractivity contribution in [3.05, 3.63) is 45.9 Å². The number of carboxylic acids is 1. The molecule has 21 heavy (non-hydrogen) atoms. The van der Waals surface area contributed by atoms with Crippen molar-refractivity contribution < 1.29 is 14.8 Å². The third-order valence-electron chi connectivity index (χ3n) is 2.89. The second-order valence-electron chi connectivity index (χ2n) is 4.45. The molecular formula is C12H13N5O4. The second-order valence-corrected chi connectivity index (χ2v) is 4.45. The number of rotatable bonds is 5. The minimum absolute atomic E-state index is 0.0868. The molecule has 2 heterocycles. The molecule has 1 atom stereocenters. The van der Waals surface area contributed by atoms with Crippen molar-refractivity contribution in [2.75, 3.05) is 5.32 Å². The largest absolute Gasteiger partial charge is 0.479 e. The summed E-state index contributed by atoms with van der Waals surface area (Å²) in [6.45, 7) is 1.56. The molecule has 2 aromatic rings. The molecule has 1 unspecified atom stereocenters. The number of hydrogen-bond donors (Lipinski definition) is 2. The number of anilines is 1. The van der Waals surface area contributed by atoms with E-state index < -0.39 is 16.9 Å². The minimum atomic E-state index is -1.18. The summed E-state index contributed by atoms with van der Waals surface area (Å²) in [7, 11) is 1.65. The number of hydrogen-bond acceptors (Lipinski definition) is 6. The Morgan fingerprint density at radius 1 is 1.57 bits per heavy atom. The Balaban J connectivity index is 2.41. The topological polar surface area (TPSA) is 123 Å². The molecule has 9 heteroatoms. The predicted octanol–water partition coefficient (Wildman–Crippen LogP) is 1.27. The maximum Gasteiger partial charge on any atom is 0.330 e. The normalized spacial score (nSPS) is 11.9. The van der Waals surface area contributed by atoms with Gasteiger partial charge in [-0.05, 0) is 13.0 Å². The van der Waals surface area contributed by atoms with Crippen LogP contribution in [0, 0.1) is 17.0 Å². The average molecular weight is 291 g/mol. The molecule has 0 aromatic carbocycles. The van der Waals surface area contributed by atoms with E-state index in [2.05, 4.69) is 15.4 Å². The highest BCUT2D eigenvalue weighted by Gasteiger charge is 2.26. The van der Waals surface area contributed by atoms with Gasteiger partial charge in [0.05, 0.1) is 11.1 Å². The first-order valence-corrected chi connectivity index (χ1v) is 5.98. The molecule has 0 aliphatic rings. The molecule has 9 nitrogen and oxygen atoms in total. The van der Waals surface area contributed by atoms with Crippen molar-refractivity contribution in [3.8, 4) is 0 Å². The lowest BCUT2D eigenvalue weighted by atomic mass is 10.1. The minimum Gasteiger partial charge on any atom is -0.479 e. The summed E-state index contributed by atoms with van der Waals surface area (Å²) in [5, 5.41) is 26.9. The molecule has 0 aliphatic heterocycles. The molecule has 2 aromatic heterocycles. The van der Waals surface area contributed by atoms with Gasteiger partial charge in [0.15, 0.2) is 6.04 Å². The highest BCUT2D eigenvalue weighted by atomic mass is 16.6. The Morgan fingerprint density at radius 2 is 2.29 bits per heavy atom. The van der Waals surface area contributed by atoms with Crippen molar-refractivity contribution in [2.24, 2.45) is 7.05 Å². The van der Waals surface area contributed by atoms with Crippen LogP contribution in [-0.4, -0.2) is 30.8 Å². The van der Waals surface area contributed by atoms with Crippen molar-refractivity contribution in [3.63, 3.8) is 0 Å². The van der Waals surface area contributed by atoms with Crippen LogP contribution in [0.4, 0.5) is 11.5 Å². The van der Waals surface area contributed by atoms with Gasteiger partial charge in [-0.2, -0.15) is 5.10 Å². The van der Waals surface area contributed by atoms with E-state index in [1.165, 1.54) is 29.3 Å². The molecule has 0 saturated heterocycles. The van der Waals surface area contributed by atoms with Crippen LogP contribution < -0.4 is 5.32 Å². The first-order chi connectivity index (χ1) is 9.90. The van der Waals surface area contributed by atoms with Gasteiger partial charge in [-0.15, -0.1) is 0 Å². The Labute approximate surface area is 119 Å². The van der Waals surface area contributed by atoms with E-state index in [0.717, 1.165) is 0 Å². The van der Waals surface area contributed by atoms with Gasteiger partial charge < -0.3 is 10.4 Å². The maximum atomic E-state index is 11.4. The Hall–Kier alpha value is -2.97. The number of carboxylic acid groups (broad SMARTS) is 1. The number of aryl methyl sites for hydroxylation is 2. The number of pyridine rings is 1. The Bertz CT molecular complexity index is 697. The summed E-state index contributed by atoms with van der Waals surface area (Å²) in [5.41, 5.74) is 0.531. The van der Waals surface area contributed by atoms with Gasteiger partial charge in [0, 0.05) is 30.6 Å². The van der Waals surface area contributed by atoms with Crippen LogP contribution in [0.15, 0.2) is 24.7 Å². The molecule has 110 valence electrons. The van der Waals surface area contributed by atoms with Gasteiger partial charge >= 0.3 is 11.7 Å². The van der Waals surface area contributed by atoms with Crippen molar-refractivity contribution in [2.45, 2.75) is 13.0 Å². The zero-order chi connectivity index (χ0) is 15.6. The molecule has 2 rings (SSSR count). The van der Waals surface area contributed by atoms with Gasteiger partial charge in [-0.1, -0.05) is 0 Å². The number of nitro groups is 1. The molecule has 0 amide bonds. The number of nitrogens with zero attached hydrogens (tertiary/aromatic N) is 4. The number of aliphatic carboxylic acids is 1. The van der Waals surface area contributed by atoms with E-state index >= 15 is 0 Å². The van der Waals surface area contributed by atoms with E-state index in [4.69, 9.17) is 0 Å². The smallest absolute Gasteiger partial charge is 0.330 e. The van der Waals surface area contributed by atoms with Crippen LogP contribution in [0.5, 0.6) is 0 Å². The van der Waals surface area contributed by atoms with E-state index in [1.54, 1.807) is 14.0 Å². The van der Waals surface area contributed by atoms with Gasteiger partial charge in [-0.3, -0.25) is 14.8 Å². The van der Waals surface area contributed by atoms with Gasteiger partial charge in [0.1, 0.15) is 0 Å². The molecule has 0 saturated carbocycles. The van der Waals surface area contributed by atoms with Gasteiger partial charge in [-0.25, -0.2) is 9.78 Å². The first kappa shape index (κ1) is 14.4. The second kappa shape index (κ2) is 5.57. The maximum absolute atomic E-state index is 11.4. The van der Waals surface area contributed by atoms with Crippen molar-refractivity contribution in [1.29, 1.82) is 0 Å². The summed E-state index contributed by atoms with van der Waals surface area (Å²) in [4.78, 5) is 25.8. The highest BCUT2D eigenvalue weighted by molar-refractivity contribution is 5.80. The van der Waals surface area contributed by atoms with Crippen LogP contribution in [0.1, 0.15) is 17.2 Å². The zero-order valence-corrected chi connectivity index (χ0v) is 11.3. The van der Waals surface area contributed by atoms with Crippen molar-refractivity contribution >= 4 is 17.5 Å². The molecule has 0 aliphatic carbocycles. The molecule has 0 spiro atoms. The van der Waals surface area contributed by atoms with Crippen LogP contribution in [0.3, 0.4) is 0 Å².